The zero-order valence-corrected chi connectivity index (χ0v) is 35.1. The second kappa shape index (κ2) is 25.4. The van der Waals surface area contributed by atoms with Crippen LogP contribution in [0, 0.1) is 0 Å². The Morgan fingerprint density at radius 2 is 0.644 bits per heavy atom. The third-order valence-corrected chi connectivity index (χ3v) is 16.2. The third-order valence-electron chi connectivity index (χ3n) is 9.29. The average Bonchev–Trinajstić information content (AvgIpc) is 3.05. The molecule has 0 saturated heterocycles. The van der Waals surface area contributed by atoms with Gasteiger partial charge in [0.2, 0.25) is 0 Å². The summed E-state index contributed by atoms with van der Waals surface area (Å²) in [7, 11) is -3.06. The van der Waals surface area contributed by atoms with Crippen molar-refractivity contribution >= 4 is 30.3 Å². The van der Waals surface area contributed by atoms with E-state index in [1.807, 2.05) is 0 Å². The van der Waals surface area contributed by atoms with Gasteiger partial charge in [0.05, 0.1) is 12.3 Å². The minimum absolute atomic E-state index is 0.142. The van der Waals surface area contributed by atoms with Crippen LogP contribution in [0.5, 0.6) is 0 Å². The van der Waals surface area contributed by atoms with Crippen LogP contribution in [-0.4, -0.2) is 139 Å². The highest BCUT2D eigenvalue weighted by molar-refractivity contribution is 8.02. The summed E-state index contributed by atoms with van der Waals surface area (Å²) in [6, 6.07) is 1.85. The molecule has 0 aromatic carbocycles. The Balaban J connectivity index is 8.03. The zero-order chi connectivity index (χ0) is 34.5. The first-order valence-corrected chi connectivity index (χ1v) is 22.4. The molecule has 0 rings (SSSR count). The summed E-state index contributed by atoms with van der Waals surface area (Å²) in [5.74, 6) is 0. The fraction of sp³-hybridized carbons (Fsp3) is 1.00. The van der Waals surface area contributed by atoms with E-state index >= 15 is 0 Å². The van der Waals surface area contributed by atoms with Gasteiger partial charge in [-0.25, -0.2) is 0 Å². The van der Waals surface area contributed by atoms with Crippen molar-refractivity contribution in [2.75, 3.05) is 78.8 Å². The van der Waals surface area contributed by atoms with Gasteiger partial charge in [-0.15, -0.1) is 11.8 Å². The maximum atomic E-state index is 6.50. The van der Waals surface area contributed by atoms with Gasteiger partial charge in [0.25, 0.3) is 0 Å². The molecule has 0 saturated carbocycles. The van der Waals surface area contributed by atoms with E-state index in [1.54, 1.807) is 0 Å². The van der Waals surface area contributed by atoms with E-state index in [-0.39, 0.29) is 21.8 Å². The second-order valence-electron chi connectivity index (χ2n) is 11.4. The molecule has 0 amide bonds. The standard InChI is InChI=1S/C34H76N4O4SSi2/c1-15-33(29-44(39-25-11)40-26-12,31(35(17-3)18-4)36(19-5)20-6)43-34(16-2,30-45(41-27-13)42-28-14)32(37(21-7)22-8)38(23-9)24-10/h31-32H,15-30H2,1-14H3. The van der Waals surface area contributed by atoms with E-state index in [4.69, 9.17) is 17.7 Å². The molecule has 0 spiro atoms. The highest BCUT2D eigenvalue weighted by Gasteiger charge is 2.55. The van der Waals surface area contributed by atoms with E-state index in [2.05, 4.69) is 128 Å². The van der Waals surface area contributed by atoms with Crippen LogP contribution in [0.2, 0.25) is 12.1 Å². The highest BCUT2D eigenvalue weighted by atomic mass is 32.2. The van der Waals surface area contributed by atoms with Crippen LogP contribution in [0.4, 0.5) is 0 Å². The molecule has 8 nitrogen and oxygen atoms in total. The average molecular weight is 693 g/mol. The molecule has 0 aromatic rings. The van der Waals surface area contributed by atoms with E-state index in [0.29, 0.717) is 26.4 Å². The summed E-state index contributed by atoms with van der Waals surface area (Å²) in [4.78, 5) is 10.8. The van der Waals surface area contributed by atoms with Gasteiger partial charge in [-0.3, -0.25) is 19.6 Å². The molecule has 0 aromatic heterocycles. The highest BCUT2D eigenvalue weighted by Crippen LogP contribution is 2.54. The minimum Gasteiger partial charge on any atom is -0.394 e. The van der Waals surface area contributed by atoms with Gasteiger partial charge in [-0.2, -0.15) is 0 Å². The predicted octanol–water partition coefficient (Wildman–Crippen LogP) is 7.16. The molecule has 270 valence electrons. The molecule has 2 radical (unpaired) electrons. The molecule has 0 fully saturated rings. The Bertz CT molecular complexity index is 613. The van der Waals surface area contributed by atoms with E-state index < -0.39 is 18.6 Å². The maximum absolute atomic E-state index is 6.50. The first-order chi connectivity index (χ1) is 21.6. The van der Waals surface area contributed by atoms with E-state index in [0.717, 1.165) is 77.3 Å². The lowest BCUT2D eigenvalue weighted by Gasteiger charge is -2.57. The van der Waals surface area contributed by atoms with Crippen LogP contribution in [0.3, 0.4) is 0 Å². The topological polar surface area (TPSA) is 49.9 Å². The molecule has 45 heavy (non-hydrogen) atoms. The molecule has 0 bridgehead atoms. The lowest BCUT2D eigenvalue weighted by molar-refractivity contribution is 0.0161. The minimum atomic E-state index is -1.53. The lowest BCUT2D eigenvalue weighted by atomic mass is 9.99. The normalized spacial score (nSPS) is 15.6. The van der Waals surface area contributed by atoms with Crippen LogP contribution in [0.15, 0.2) is 0 Å². The second-order valence-corrected chi connectivity index (χ2v) is 16.6. The molecule has 0 heterocycles. The fourth-order valence-corrected chi connectivity index (χ4v) is 13.9. The van der Waals surface area contributed by atoms with Gasteiger partial charge in [0.15, 0.2) is 0 Å². The van der Waals surface area contributed by atoms with Crippen LogP contribution in [0.1, 0.15) is 110 Å². The van der Waals surface area contributed by atoms with Crippen molar-refractivity contribution in [3.8, 4) is 0 Å². The molecular formula is C34H76N4O4SSi2. The summed E-state index contributed by atoms with van der Waals surface area (Å²) < 4.78 is 25.7. The van der Waals surface area contributed by atoms with Crippen molar-refractivity contribution in [3.05, 3.63) is 0 Å². The van der Waals surface area contributed by atoms with Crippen molar-refractivity contribution in [1.29, 1.82) is 0 Å². The molecule has 0 N–H and O–H groups in total. The van der Waals surface area contributed by atoms with Gasteiger partial charge < -0.3 is 17.7 Å². The summed E-state index contributed by atoms with van der Waals surface area (Å²) in [6.45, 7) is 42.7. The summed E-state index contributed by atoms with van der Waals surface area (Å²) in [5.41, 5.74) is 0. The van der Waals surface area contributed by atoms with Gasteiger partial charge in [-0.1, -0.05) is 69.2 Å². The molecule has 0 aliphatic carbocycles. The van der Waals surface area contributed by atoms with Crippen LogP contribution >= 0.6 is 11.8 Å². The number of rotatable bonds is 30. The van der Waals surface area contributed by atoms with Crippen LogP contribution in [-0.2, 0) is 17.7 Å². The maximum Gasteiger partial charge on any atom is 0.386 e. The Labute approximate surface area is 289 Å². The van der Waals surface area contributed by atoms with Crippen molar-refractivity contribution in [2.24, 2.45) is 0 Å². The zero-order valence-electron chi connectivity index (χ0n) is 32.3. The number of nitrogens with zero attached hydrogens (tertiary/aromatic N) is 4. The monoisotopic (exact) mass is 693 g/mol. The molecule has 2 atom stereocenters. The number of thioether (sulfide) groups is 1. The SMILES string of the molecule is CCO[Si](CC(CC)(SC(CC)(C[Si](OCC)OCC)C(N(CC)CC)N(CC)CC)C(N(CC)CC)N(CC)CC)OCC. The smallest absolute Gasteiger partial charge is 0.386 e. The molecule has 0 aliphatic heterocycles. The summed E-state index contributed by atoms with van der Waals surface area (Å²) in [6.07, 6.45) is 2.54. The Morgan fingerprint density at radius 1 is 0.422 bits per heavy atom. The molecular weight excluding hydrogens is 617 g/mol. The van der Waals surface area contributed by atoms with Crippen molar-refractivity contribution in [2.45, 2.75) is 144 Å². The summed E-state index contributed by atoms with van der Waals surface area (Å²) in [5, 5.41) is 0. The van der Waals surface area contributed by atoms with Crippen molar-refractivity contribution in [1.82, 2.24) is 19.6 Å². The van der Waals surface area contributed by atoms with Crippen LogP contribution in [0.25, 0.3) is 0 Å². The fourth-order valence-electron chi connectivity index (χ4n) is 7.02. The lowest BCUT2D eigenvalue weighted by Crippen LogP contribution is -2.66. The number of hydrogen-bond donors (Lipinski definition) is 0. The Morgan fingerprint density at radius 3 is 0.800 bits per heavy atom. The third kappa shape index (κ3) is 13.0. The molecule has 0 aliphatic rings. The van der Waals surface area contributed by atoms with Gasteiger partial charge >= 0.3 is 18.6 Å². The Hall–Kier alpha value is 0.464. The van der Waals surface area contributed by atoms with Crippen molar-refractivity contribution < 1.29 is 17.7 Å². The quantitative estimate of drug-likeness (QED) is 0.0577. The van der Waals surface area contributed by atoms with Gasteiger partial charge in [-0.05, 0) is 92.9 Å². The van der Waals surface area contributed by atoms with Gasteiger partial charge in [0, 0.05) is 48.0 Å². The Kier molecular flexibility index (Phi) is 25.7. The molecule has 2 unspecified atom stereocenters. The molecule has 11 heteroatoms. The number of hydrogen-bond acceptors (Lipinski definition) is 9. The van der Waals surface area contributed by atoms with Crippen molar-refractivity contribution in [3.63, 3.8) is 0 Å². The first-order valence-electron chi connectivity index (χ1n) is 18.5. The van der Waals surface area contributed by atoms with Crippen LogP contribution < -0.4 is 0 Å². The van der Waals surface area contributed by atoms with Gasteiger partial charge in [0.1, 0.15) is 0 Å². The first kappa shape index (κ1) is 45.5. The largest absolute Gasteiger partial charge is 0.394 e. The van der Waals surface area contributed by atoms with E-state index in [1.165, 1.54) is 0 Å². The van der Waals surface area contributed by atoms with E-state index in [9.17, 15) is 0 Å². The summed E-state index contributed by atoms with van der Waals surface area (Å²) >= 11 is 2.26. The predicted molar refractivity (Wildman–Crippen MR) is 201 cm³/mol.